The molecular formula is C16H12F2O. The number of hydrogen-bond acceptors (Lipinski definition) is 1. The summed E-state index contributed by atoms with van der Waals surface area (Å²) in [5.41, 5.74) is 2.13. The van der Waals surface area contributed by atoms with Gasteiger partial charge in [0, 0.05) is 5.56 Å². The first kappa shape index (κ1) is 13.1. The fourth-order valence-corrected chi connectivity index (χ4v) is 1.60. The highest BCUT2D eigenvalue weighted by Crippen LogP contribution is 2.11. The van der Waals surface area contributed by atoms with E-state index in [1.807, 2.05) is 31.2 Å². The second-order valence-electron chi connectivity index (χ2n) is 4.24. The zero-order chi connectivity index (χ0) is 13.8. The van der Waals surface area contributed by atoms with Crippen molar-refractivity contribution in [2.24, 2.45) is 0 Å². The van der Waals surface area contributed by atoms with Crippen LogP contribution >= 0.6 is 0 Å². The van der Waals surface area contributed by atoms with Crippen LogP contribution in [0.15, 0.2) is 48.5 Å². The largest absolute Gasteiger partial charge is 0.289 e. The number of benzene rings is 2. The molecule has 0 aliphatic rings. The van der Waals surface area contributed by atoms with Crippen molar-refractivity contribution < 1.29 is 13.6 Å². The summed E-state index contributed by atoms with van der Waals surface area (Å²) in [7, 11) is 0. The van der Waals surface area contributed by atoms with E-state index in [0.29, 0.717) is 0 Å². The normalized spacial score (nSPS) is 10.9. The molecule has 0 radical (unpaired) electrons. The minimum atomic E-state index is -1.02. The topological polar surface area (TPSA) is 17.1 Å². The molecule has 1 nitrogen and oxygen atoms in total. The third-order valence-corrected chi connectivity index (χ3v) is 2.71. The number of carbonyl (C=O) groups excluding carboxylic acids is 1. The minimum Gasteiger partial charge on any atom is -0.289 e. The fourth-order valence-electron chi connectivity index (χ4n) is 1.60. The molecule has 0 N–H and O–H groups in total. The molecule has 3 heteroatoms. The van der Waals surface area contributed by atoms with Crippen molar-refractivity contribution in [2.75, 3.05) is 0 Å². The molecule has 0 heterocycles. The van der Waals surface area contributed by atoms with Gasteiger partial charge in [0.05, 0.1) is 0 Å². The summed E-state index contributed by atoms with van der Waals surface area (Å²) < 4.78 is 25.7. The lowest BCUT2D eigenvalue weighted by Crippen LogP contribution is -1.96. The Morgan fingerprint density at radius 1 is 1.00 bits per heavy atom. The van der Waals surface area contributed by atoms with Gasteiger partial charge in [0.15, 0.2) is 17.4 Å². The highest BCUT2D eigenvalue weighted by Gasteiger charge is 2.06. The highest BCUT2D eigenvalue weighted by atomic mass is 19.2. The molecule has 0 aliphatic carbocycles. The number of aryl methyl sites for hydroxylation is 1. The Bertz CT molecular complexity index is 628. The van der Waals surface area contributed by atoms with Gasteiger partial charge in [-0.1, -0.05) is 35.9 Å². The van der Waals surface area contributed by atoms with E-state index >= 15 is 0 Å². The molecule has 0 bridgehead atoms. The van der Waals surface area contributed by atoms with E-state index < -0.39 is 11.6 Å². The molecule has 0 aromatic heterocycles. The monoisotopic (exact) mass is 258 g/mol. The van der Waals surface area contributed by atoms with Crippen molar-refractivity contribution in [1.82, 2.24) is 0 Å². The smallest absolute Gasteiger partial charge is 0.185 e. The van der Waals surface area contributed by atoms with Crippen LogP contribution in [0.5, 0.6) is 0 Å². The molecule has 0 saturated heterocycles. The first-order valence-electron chi connectivity index (χ1n) is 5.80. The lowest BCUT2D eigenvalue weighted by Gasteiger charge is -1.98. The summed E-state index contributed by atoms with van der Waals surface area (Å²) in [6.45, 7) is 1.97. The average Bonchev–Trinajstić information content (AvgIpc) is 2.41. The molecule has 0 aliphatic heterocycles. The summed E-state index contributed by atoms with van der Waals surface area (Å²) in [5, 5.41) is 0. The summed E-state index contributed by atoms with van der Waals surface area (Å²) in [6, 6.07) is 10.7. The van der Waals surface area contributed by atoms with Gasteiger partial charge in [0.1, 0.15) is 0 Å². The van der Waals surface area contributed by atoms with Gasteiger partial charge < -0.3 is 0 Å². The average molecular weight is 258 g/mol. The third kappa shape index (κ3) is 3.35. The molecule has 19 heavy (non-hydrogen) atoms. The van der Waals surface area contributed by atoms with Gasteiger partial charge in [0.2, 0.25) is 0 Å². The highest BCUT2D eigenvalue weighted by molar-refractivity contribution is 6.06. The molecule has 0 saturated carbocycles. The number of hydrogen-bond donors (Lipinski definition) is 0. The zero-order valence-corrected chi connectivity index (χ0v) is 10.4. The van der Waals surface area contributed by atoms with Crippen LogP contribution in [0, 0.1) is 18.6 Å². The Labute approximate surface area is 110 Å². The summed E-state index contributed by atoms with van der Waals surface area (Å²) in [6.07, 6.45) is 2.99. The molecule has 2 aromatic carbocycles. The minimum absolute atomic E-state index is 0.127. The van der Waals surface area contributed by atoms with Gasteiger partial charge in [-0.2, -0.15) is 0 Å². The van der Waals surface area contributed by atoms with Crippen LogP contribution < -0.4 is 0 Å². The fraction of sp³-hybridized carbons (Fsp3) is 0.0625. The molecule has 0 fully saturated rings. The molecule has 0 spiro atoms. The quantitative estimate of drug-likeness (QED) is 0.596. The van der Waals surface area contributed by atoms with Gasteiger partial charge in [-0.15, -0.1) is 0 Å². The molecule has 96 valence electrons. The molecule has 0 unspecified atom stereocenters. The molecule has 0 amide bonds. The van der Waals surface area contributed by atoms with Gasteiger partial charge in [0.25, 0.3) is 0 Å². The molecule has 0 atom stereocenters. The van der Waals surface area contributed by atoms with E-state index in [-0.39, 0.29) is 11.3 Å². The van der Waals surface area contributed by atoms with Crippen molar-refractivity contribution >= 4 is 11.9 Å². The van der Waals surface area contributed by atoms with Crippen LogP contribution in [0.2, 0.25) is 0 Å². The lowest BCUT2D eigenvalue weighted by molar-refractivity contribution is 0.104. The Balaban J connectivity index is 2.16. The number of carbonyl (C=O) groups is 1. The SMILES string of the molecule is Cc1ccc(/C=C/C(=O)c2ccc(F)c(F)c2)cc1. The van der Waals surface area contributed by atoms with Crippen LogP contribution in [0.4, 0.5) is 8.78 Å². The van der Waals surface area contributed by atoms with Gasteiger partial charge in [-0.05, 0) is 36.8 Å². The van der Waals surface area contributed by atoms with Crippen LogP contribution in [-0.2, 0) is 0 Å². The van der Waals surface area contributed by atoms with Gasteiger partial charge in [-0.25, -0.2) is 8.78 Å². The maximum atomic E-state index is 13.0. The Hall–Kier alpha value is -2.29. The van der Waals surface area contributed by atoms with Gasteiger partial charge in [-0.3, -0.25) is 4.79 Å². The standard InChI is InChI=1S/C16H12F2O/c1-11-2-4-12(5-3-11)6-9-16(19)13-7-8-14(17)15(18)10-13/h2-10H,1H3/b9-6+. The Morgan fingerprint density at radius 2 is 1.68 bits per heavy atom. The first-order chi connectivity index (χ1) is 9.06. The lowest BCUT2D eigenvalue weighted by atomic mass is 10.1. The molecule has 2 aromatic rings. The van der Waals surface area contributed by atoms with E-state index in [1.54, 1.807) is 6.08 Å². The number of ketones is 1. The van der Waals surface area contributed by atoms with Crippen LogP contribution in [0.1, 0.15) is 21.5 Å². The van der Waals surface area contributed by atoms with Crippen molar-refractivity contribution in [1.29, 1.82) is 0 Å². The van der Waals surface area contributed by atoms with E-state index in [0.717, 1.165) is 23.3 Å². The predicted octanol–water partition coefficient (Wildman–Crippen LogP) is 4.17. The zero-order valence-electron chi connectivity index (χ0n) is 10.4. The molecule has 2 rings (SSSR count). The van der Waals surface area contributed by atoms with Crippen LogP contribution in [0.25, 0.3) is 6.08 Å². The van der Waals surface area contributed by atoms with Gasteiger partial charge >= 0.3 is 0 Å². The molecular weight excluding hydrogens is 246 g/mol. The third-order valence-electron chi connectivity index (χ3n) is 2.71. The number of rotatable bonds is 3. The maximum absolute atomic E-state index is 13.0. The number of halogens is 2. The summed E-state index contributed by atoms with van der Waals surface area (Å²) in [5.74, 6) is -2.34. The van der Waals surface area contributed by atoms with E-state index in [4.69, 9.17) is 0 Å². The van der Waals surface area contributed by atoms with Crippen molar-refractivity contribution in [3.63, 3.8) is 0 Å². The first-order valence-corrected chi connectivity index (χ1v) is 5.80. The predicted molar refractivity (Wildman–Crippen MR) is 70.9 cm³/mol. The van der Waals surface area contributed by atoms with Crippen molar-refractivity contribution in [2.45, 2.75) is 6.92 Å². The summed E-state index contributed by atoms with van der Waals surface area (Å²) >= 11 is 0. The Morgan fingerprint density at radius 3 is 2.32 bits per heavy atom. The number of allylic oxidation sites excluding steroid dienone is 1. The Kier molecular flexibility index (Phi) is 3.85. The van der Waals surface area contributed by atoms with Crippen LogP contribution in [-0.4, -0.2) is 5.78 Å². The van der Waals surface area contributed by atoms with Crippen molar-refractivity contribution in [3.05, 3.63) is 76.9 Å². The summed E-state index contributed by atoms with van der Waals surface area (Å²) in [4.78, 5) is 11.8. The van der Waals surface area contributed by atoms with Crippen molar-refractivity contribution in [3.8, 4) is 0 Å². The second-order valence-corrected chi connectivity index (χ2v) is 4.24. The van der Waals surface area contributed by atoms with E-state index in [1.165, 1.54) is 12.1 Å². The van der Waals surface area contributed by atoms with Crippen LogP contribution in [0.3, 0.4) is 0 Å². The maximum Gasteiger partial charge on any atom is 0.185 e. The van der Waals surface area contributed by atoms with E-state index in [2.05, 4.69) is 0 Å². The second kappa shape index (κ2) is 5.57. The van der Waals surface area contributed by atoms with E-state index in [9.17, 15) is 13.6 Å².